The third kappa shape index (κ3) is 4.74. The molecule has 1 heterocycles. The molecule has 0 saturated heterocycles. The zero-order chi connectivity index (χ0) is 11.1. The van der Waals surface area contributed by atoms with Crippen LogP contribution in [0, 0.1) is 5.41 Å². The lowest BCUT2D eigenvalue weighted by Crippen LogP contribution is -2.24. The van der Waals surface area contributed by atoms with Gasteiger partial charge in [-0.1, -0.05) is 13.8 Å². The van der Waals surface area contributed by atoms with Gasteiger partial charge in [-0.15, -0.1) is 0 Å². The van der Waals surface area contributed by atoms with Gasteiger partial charge >= 0.3 is 0 Å². The van der Waals surface area contributed by atoms with Crippen LogP contribution in [-0.2, 0) is 4.74 Å². The van der Waals surface area contributed by atoms with Crippen molar-refractivity contribution in [2.24, 2.45) is 5.41 Å². The Bertz CT molecular complexity index is 274. The summed E-state index contributed by atoms with van der Waals surface area (Å²) in [6.07, 6.45) is 4.31. The zero-order valence-electron chi connectivity index (χ0n) is 9.66. The average Bonchev–Trinajstić information content (AvgIpc) is 2.25. The monoisotopic (exact) mass is 209 g/mol. The number of nitrogens with zero attached hydrogens (tertiary/aromatic N) is 2. The van der Waals surface area contributed by atoms with Crippen LogP contribution < -0.4 is 5.32 Å². The first-order valence-electron chi connectivity index (χ1n) is 5.13. The van der Waals surface area contributed by atoms with Gasteiger partial charge in [0.25, 0.3) is 0 Å². The van der Waals surface area contributed by atoms with Gasteiger partial charge in [0, 0.05) is 26.5 Å². The van der Waals surface area contributed by atoms with Gasteiger partial charge in [-0.2, -0.15) is 0 Å². The van der Waals surface area contributed by atoms with Crippen LogP contribution in [0.3, 0.4) is 0 Å². The maximum absolute atomic E-state index is 5.08. The van der Waals surface area contributed by atoms with E-state index < -0.39 is 0 Å². The maximum atomic E-state index is 5.08. The molecule has 0 aliphatic carbocycles. The maximum Gasteiger partial charge on any atom is 0.129 e. The molecule has 4 nitrogen and oxygen atoms in total. The molecule has 0 amide bonds. The number of anilines is 1. The fourth-order valence-corrected chi connectivity index (χ4v) is 1.19. The molecule has 1 aromatic heterocycles. The summed E-state index contributed by atoms with van der Waals surface area (Å²) in [5.41, 5.74) is 0.209. The predicted molar refractivity (Wildman–Crippen MR) is 60.8 cm³/mol. The SMILES string of the molecule is COCCC(C)(C)CNc1ccncn1. The number of ether oxygens (including phenoxy) is 1. The summed E-state index contributed by atoms with van der Waals surface area (Å²) in [5, 5.41) is 3.29. The van der Waals surface area contributed by atoms with Crippen molar-refractivity contribution >= 4 is 5.82 Å². The molecule has 1 N–H and O–H groups in total. The van der Waals surface area contributed by atoms with E-state index >= 15 is 0 Å². The van der Waals surface area contributed by atoms with Crippen LogP contribution >= 0.6 is 0 Å². The van der Waals surface area contributed by atoms with Gasteiger partial charge < -0.3 is 10.1 Å². The fourth-order valence-electron chi connectivity index (χ4n) is 1.19. The molecule has 0 radical (unpaired) electrons. The van der Waals surface area contributed by atoms with Crippen LogP contribution in [0.2, 0.25) is 0 Å². The first-order valence-corrected chi connectivity index (χ1v) is 5.13. The van der Waals surface area contributed by atoms with Crippen molar-refractivity contribution in [3.05, 3.63) is 18.6 Å². The second kappa shape index (κ2) is 5.66. The number of methoxy groups -OCH3 is 1. The van der Waals surface area contributed by atoms with Crippen LogP contribution in [-0.4, -0.2) is 30.2 Å². The standard InChI is InChI=1S/C11H19N3O/c1-11(2,5-7-15-3)8-13-10-4-6-12-9-14-10/h4,6,9H,5,7-8H2,1-3H3,(H,12,13,14). The lowest BCUT2D eigenvalue weighted by atomic mass is 9.90. The van der Waals surface area contributed by atoms with Gasteiger partial charge in [-0.25, -0.2) is 9.97 Å². The van der Waals surface area contributed by atoms with Crippen molar-refractivity contribution in [3.8, 4) is 0 Å². The fraction of sp³-hybridized carbons (Fsp3) is 0.636. The first-order chi connectivity index (χ1) is 7.14. The summed E-state index contributed by atoms with van der Waals surface area (Å²) < 4.78 is 5.08. The molecule has 0 aromatic carbocycles. The van der Waals surface area contributed by atoms with Crippen molar-refractivity contribution in [3.63, 3.8) is 0 Å². The number of rotatable bonds is 6. The average molecular weight is 209 g/mol. The summed E-state index contributed by atoms with van der Waals surface area (Å²) in [6.45, 7) is 6.09. The van der Waals surface area contributed by atoms with Gasteiger partial charge in [-0.3, -0.25) is 0 Å². The predicted octanol–water partition coefficient (Wildman–Crippen LogP) is 1.95. The molecule has 0 atom stereocenters. The molecule has 4 heteroatoms. The van der Waals surface area contributed by atoms with Crippen LogP contribution in [0.1, 0.15) is 20.3 Å². The Labute approximate surface area is 91.1 Å². The minimum Gasteiger partial charge on any atom is -0.385 e. The molecule has 0 bridgehead atoms. The van der Waals surface area contributed by atoms with Crippen LogP contribution in [0.25, 0.3) is 0 Å². The minimum absolute atomic E-state index is 0.209. The Balaban J connectivity index is 2.35. The largest absolute Gasteiger partial charge is 0.385 e. The topological polar surface area (TPSA) is 47.0 Å². The summed E-state index contributed by atoms with van der Waals surface area (Å²) in [6, 6.07) is 1.87. The number of hydrogen-bond donors (Lipinski definition) is 1. The molecule has 84 valence electrons. The third-order valence-electron chi connectivity index (χ3n) is 2.31. The van der Waals surface area contributed by atoms with E-state index in [-0.39, 0.29) is 5.41 Å². The second-order valence-corrected chi connectivity index (χ2v) is 4.36. The summed E-state index contributed by atoms with van der Waals surface area (Å²) in [4.78, 5) is 7.98. The van der Waals surface area contributed by atoms with Gasteiger partial charge in [0.15, 0.2) is 0 Å². The highest BCUT2D eigenvalue weighted by Gasteiger charge is 2.17. The highest BCUT2D eigenvalue weighted by atomic mass is 16.5. The van der Waals surface area contributed by atoms with E-state index in [2.05, 4.69) is 29.1 Å². The Morgan fingerprint density at radius 2 is 2.27 bits per heavy atom. The number of nitrogens with one attached hydrogen (secondary N) is 1. The molecule has 15 heavy (non-hydrogen) atoms. The van der Waals surface area contributed by atoms with Gasteiger partial charge in [0.05, 0.1) is 0 Å². The quantitative estimate of drug-likeness (QED) is 0.778. The molecule has 1 rings (SSSR count). The van der Waals surface area contributed by atoms with Gasteiger partial charge in [-0.05, 0) is 17.9 Å². The molecule has 0 aliphatic heterocycles. The zero-order valence-corrected chi connectivity index (χ0v) is 9.66. The summed E-state index contributed by atoms with van der Waals surface area (Å²) >= 11 is 0. The van der Waals surface area contributed by atoms with Crippen molar-refractivity contribution < 1.29 is 4.74 Å². The third-order valence-corrected chi connectivity index (χ3v) is 2.31. The minimum atomic E-state index is 0.209. The van der Waals surface area contributed by atoms with E-state index in [0.717, 1.165) is 25.4 Å². The first kappa shape index (κ1) is 11.9. The molecule has 1 aromatic rings. The summed E-state index contributed by atoms with van der Waals surface area (Å²) in [5.74, 6) is 0.871. The summed E-state index contributed by atoms with van der Waals surface area (Å²) in [7, 11) is 1.73. The van der Waals surface area contributed by atoms with E-state index in [1.807, 2.05) is 6.07 Å². The Morgan fingerprint density at radius 3 is 2.87 bits per heavy atom. The number of hydrogen-bond acceptors (Lipinski definition) is 4. The normalized spacial score (nSPS) is 11.4. The highest BCUT2D eigenvalue weighted by molar-refractivity contribution is 5.31. The second-order valence-electron chi connectivity index (χ2n) is 4.36. The Hall–Kier alpha value is -1.16. The number of aromatic nitrogens is 2. The smallest absolute Gasteiger partial charge is 0.129 e. The molecule has 0 aliphatic rings. The Morgan fingerprint density at radius 1 is 1.47 bits per heavy atom. The van der Waals surface area contributed by atoms with Crippen molar-refractivity contribution in [2.75, 3.05) is 25.6 Å². The highest BCUT2D eigenvalue weighted by Crippen LogP contribution is 2.20. The van der Waals surface area contributed by atoms with E-state index in [4.69, 9.17) is 4.74 Å². The lowest BCUT2D eigenvalue weighted by molar-refractivity contribution is 0.157. The Kier molecular flexibility index (Phi) is 4.49. The van der Waals surface area contributed by atoms with E-state index in [1.54, 1.807) is 19.6 Å². The van der Waals surface area contributed by atoms with Crippen molar-refractivity contribution in [1.29, 1.82) is 0 Å². The van der Waals surface area contributed by atoms with Gasteiger partial charge in [0.1, 0.15) is 12.1 Å². The molecule has 0 unspecified atom stereocenters. The molecular formula is C11H19N3O. The van der Waals surface area contributed by atoms with E-state index in [1.165, 1.54) is 0 Å². The molecule has 0 saturated carbocycles. The van der Waals surface area contributed by atoms with Crippen LogP contribution in [0.15, 0.2) is 18.6 Å². The van der Waals surface area contributed by atoms with Crippen LogP contribution in [0.4, 0.5) is 5.82 Å². The molecule has 0 spiro atoms. The van der Waals surface area contributed by atoms with Crippen molar-refractivity contribution in [2.45, 2.75) is 20.3 Å². The van der Waals surface area contributed by atoms with E-state index in [0.29, 0.717) is 0 Å². The van der Waals surface area contributed by atoms with Crippen LogP contribution in [0.5, 0.6) is 0 Å². The van der Waals surface area contributed by atoms with Crippen molar-refractivity contribution in [1.82, 2.24) is 9.97 Å². The lowest BCUT2D eigenvalue weighted by Gasteiger charge is -2.24. The van der Waals surface area contributed by atoms with Gasteiger partial charge in [0.2, 0.25) is 0 Å². The molecule has 0 fully saturated rings. The molecular weight excluding hydrogens is 190 g/mol. The van der Waals surface area contributed by atoms with E-state index in [9.17, 15) is 0 Å².